The summed E-state index contributed by atoms with van der Waals surface area (Å²) >= 11 is 1.43. The van der Waals surface area contributed by atoms with E-state index in [-0.39, 0.29) is 30.8 Å². The van der Waals surface area contributed by atoms with Crippen LogP contribution in [0.4, 0.5) is 0 Å². The number of aryl methyl sites for hydroxylation is 1. The Morgan fingerprint density at radius 2 is 2.13 bits per heavy atom. The summed E-state index contributed by atoms with van der Waals surface area (Å²) in [5.41, 5.74) is 5.80. The van der Waals surface area contributed by atoms with Crippen molar-refractivity contribution in [2.24, 2.45) is 5.73 Å². The number of esters is 1. The molecule has 0 saturated carbocycles. The molecule has 0 aliphatic rings. The van der Waals surface area contributed by atoms with Gasteiger partial charge in [0.05, 0.1) is 6.61 Å². The minimum absolute atomic E-state index is 0. The zero-order valence-electron chi connectivity index (χ0n) is 8.48. The molecule has 0 spiro atoms. The lowest BCUT2D eigenvalue weighted by molar-refractivity contribution is 0.0519. The van der Waals surface area contributed by atoms with Gasteiger partial charge in [-0.1, -0.05) is 0 Å². The Hall–Kier alpha value is -0.360. The minimum atomic E-state index is -0.365. The van der Waals surface area contributed by atoms with E-state index >= 15 is 0 Å². The van der Waals surface area contributed by atoms with Crippen LogP contribution in [0.5, 0.6) is 0 Å². The highest BCUT2D eigenvalue weighted by molar-refractivity contribution is 7.11. The lowest BCUT2D eigenvalue weighted by atomic mass is 10.4. The van der Waals surface area contributed by atoms with E-state index in [4.69, 9.17) is 10.5 Å². The van der Waals surface area contributed by atoms with Crippen molar-refractivity contribution in [1.82, 2.24) is 4.98 Å². The fourth-order valence-corrected chi connectivity index (χ4v) is 1.73. The van der Waals surface area contributed by atoms with E-state index in [9.17, 15) is 4.79 Å². The van der Waals surface area contributed by atoms with Crippen molar-refractivity contribution in [3.8, 4) is 0 Å². The molecule has 7 heteroatoms. The average molecular weight is 273 g/mol. The van der Waals surface area contributed by atoms with Gasteiger partial charge < -0.3 is 10.5 Å². The van der Waals surface area contributed by atoms with Gasteiger partial charge in [0.1, 0.15) is 5.01 Å². The monoisotopic (exact) mass is 272 g/mol. The van der Waals surface area contributed by atoms with Crippen LogP contribution in [0.2, 0.25) is 0 Å². The van der Waals surface area contributed by atoms with Crippen molar-refractivity contribution in [2.75, 3.05) is 6.61 Å². The van der Waals surface area contributed by atoms with Crippen LogP contribution in [0.25, 0.3) is 0 Å². The zero-order chi connectivity index (χ0) is 9.84. The quantitative estimate of drug-likeness (QED) is 0.855. The number of nitrogens with zero attached hydrogens (tertiary/aromatic N) is 1. The van der Waals surface area contributed by atoms with E-state index in [1.807, 2.05) is 6.92 Å². The predicted molar refractivity (Wildman–Crippen MR) is 65.2 cm³/mol. The first-order valence-corrected chi connectivity index (χ1v) is 4.84. The van der Waals surface area contributed by atoms with Gasteiger partial charge >= 0.3 is 5.97 Å². The number of carbonyl (C=O) groups excluding carboxylic acids is 1. The second-order valence-electron chi connectivity index (χ2n) is 2.44. The summed E-state index contributed by atoms with van der Waals surface area (Å²) in [5.74, 6) is -0.365. The van der Waals surface area contributed by atoms with Crippen LogP contribution in [-0.2, 0) is 11.3 Å². The number of halogens is 2. The Morgan fingerprint density at radius 3 is 2.53 bits per heavy atom. The van der Waals surface area contributed by atoms with Crippen molar-refractivity contribution in [3.05, 3.63) is 15.6 Å². The minimum Gasteiger partial charge on any atom is -0.461 e. The Morgan fingerprint density at radius 1 is 1.53 bits per heavy atom. The Balaban J connectivity index is 0. The van der Waals surface area contributed by atoms with Crippen LogP contribution in [0, 0.1) is 6.92 Å². The zero-order valence-corrected chi connectivity index (χ0v) is 10.9. The van der Waals surface area contributed by atoms with Crippen molar-refractivity contribution < 1.29 is 9.53 Å². The standard InChI is InChI=1S/C8H12N2O2S.2ClH/c1-3-12-8(11)7-5(2)13-6(4-9)10-7;;/h3-4,9H2,1-2H3;2*1H. The number of rotatable bonds is 3. The molecular weight excluding hydrogens is 259 g/mol. The number of hydrogen-bond acceptors (Lipinski definition) is 5. The molecule has 2 N–H and O–H groups in total. The third kappa shape index (κ3) is 4.34. The van der Waals surface area contributed by atoms with Crippen LogP contribution in [-0.4, -0.2) is 17.6 Å². The SMILES string of the molecule is CCOC(=O)c1nc(CN)sc1C.Cl.Cl. The van der Waals surface area contributed by atoms with Gasteiger partial charge in [0.15, 0.2) is 5.69 Å². The molecule has 1 heterocycles. The molecule has 1 rings (SSSR count). The summed E-state index contributed by atoms with van der Waals surface area (Å²) in [6, 6.07) is 0. The Kier molecular flexibility index (Phi) is 8.95. The molecule has 0 bridgehead atoms. The lowest BCUT2D eigenvalue weighted by Crippen LogP contribution is -2.07. The van der Waals surface area contributed by atoms with Gasteiger partial charge in [0, 0.05) is 11.4 Å². The van der Waals surface area contributed by atoms with Gasteiger partial charge in [-0.25, -0.2) is 9.78 Å². The maximum atomic E-state index is 11.3. The Labute approximate surface area is 105 Å². The number of nitrogens with two attached hydrogens (primary N) is 1. The van der Waals surface area contributed by atoms with Crippen molar-refractivity contribution >= 4 is 42.1 Å². The summed E-state index contributed by atoms with van der Waals surface area (Å²) in [6.07, 6.45) is 0. The van der Waals surface area contributed by atoms with Crippen LogP contribution in [0.3, 0.4) is 0 Å². The van der Waals surface area contributed by atoms with E-state index in [1.165, 1.54) is 11.3 Å². The average Bonchev–Trinajstić information content (AvgIpc) is 2.47. The molecule has 0 atom stereocenters. The van der Waals surface area contributed by atoms with Crippen LogP contribution in [0.15, 0.2) is 0 Å². The third-order valence-electron chi connectivity index (χ3n) is 1.48. The molecule has 0 unspecified atom stereocenters. The van der Waals surface area contributed by atoms with Crippen LogP contribution >= 0.6 is 36.2 Å². The van der Waals surface area contributed by atoms with Crippen molar-refractivity contribution in [3.63, 3.8) is 0 Å². The topological polar surface area (TPSA) is 65.2 Å². The summed E-state index contributed by atoms with van der Waals surface area (Å²) in [5, 5.41) is 0.764. The number of aromatic nitrogens is 1. The van der Waals surface area contributed by atoms with Gasteiger partial charge in [0.2, 0.25) is 0 Å². The molecule has 4 nitrogen and oxygen atoms in total. The van der Waals surface area contributed by atoms with E-state index < -0.39 is 0 Å². The van der Waals surface area contributed by atoms with Crippen LogP contribution in [0.1, 0.15) is 27.3 Å². The third-order valence-corrected chi connectivity index (χ3v) is 2.48. The summed E-state index contributed by atoms with van der Waals surface area (Å²) in [6.45, 7) is 4.34. The molecule has 0 amide bonds. The molecule has 0 aliphatic carbocycles. The molecule has 0 aliphatic heterocycles. The van der Waals surface area contributed by atoms with Gasteiger partial charge in [-0.05, 0) is 13.8 Å². The van der Waals surface area contributed by atoms with Gasteiger partial charge in [-0.2, -0.15) is 0 Å². The maximum absolute atomic E-state index is 11.3. The first kappa shape index (κ1) is 17.0. The molecule has 1 aromatic heterocycles. The number of hydrogen-bond donors (Lipinski definition) is 1. The highest BCUT2D eigenvalue weighted by Crippen LogP contribution is 2.17. The van der Waals surface area contributed by atoms with Crippen molar-refractivity contribution in [1.29, 1.82) is 0 Å². The first-order chi connectivity index (χ1) is 6.19. The molecule has 0 saturated heterocycles. The van der Waals surface area contributed by atoms with E-state index in [0.29, 0.717) is 18.8 Å². The molecular formula is C8H14Cl2N2O2S. The molecule has 0 radical (unpaired) electrons. The second-order valence-corrected chi connectivity index (χ2v) is 3.72. The predicted octanol–water partition coefficient (Wildman–Crippen LogP) is 1.93. The summed E-state index contributed by atoms with van der Waals surface area (Å²) in [7, 11) is 0. The molecule has 1 aromatic rings. The molecule has 88 valence electrons. The largest absolute Gasteiger partial charge is 0.461 e. The molecule has 0 fully saturated rings. The van der Waals surface area contributed by atoms with Crippen LogP contribution < -0.4 is 5.73 Å². The second kappa shape index (κ2) is 7.87. The lowest BCUT2D eigenvalue weighted by Gasteiger charge is -1.97. The summed E-state index contributed by atoms with van der Waals surface area (Å²) < 4.78 is 4.83. The van der Waals surface area contributed by atoms with E-state index in [0.717, 1.165) is 9.88 Å². The highest BCUT2D eigenvalue weighted by atomic mass is 35.5. The molecule has 15 heavy (non-hydrogen) atoms. The van der Waals surface area contributed by atoms with E-state index in [2.05, 4.69) is 4.98 Å². The van der Waals surface area contributed by atoms with E-state index in [1.54, 1.807) is 6.92 Å². The van der Waals surface area contributed by atoms with Gasteiger partial charge in [0.25, 0.3) is 0 Å². The fourth-order valence-electron chi connectivity index (χ4n) is 0.927. The fraction of sp³-hybridized carbons (Fsp3) is 0.500. The normalized spacial score (nSPS) is 8.73. The summed E-state index contributed by atoms with van der Waals surface area (Å²) in [4.78, 5) is 16.2. The first-order valence-electron chi connectivity index (χ1n) is 4.02. The number of ether oxygens (including phenoxy) is 1. The maximum Gasteiger partial charge on any atom is 0.358 e. The Bertz CT molecular complexity index is 318. The smallest absolute Gasteiger partial charge is 0.358 e. The number of carbonyl (C=O) groups is 1. The van der Waals surface area contributed by atoms with Gasteiger partial charge in [-0.3, -0.25) is 0 Å². The van der Waals surface area contributed by atoms with Gasteiger partial charge in [-0.15, -0.1) is 36.2 Å². The molecule has 0 aromatic carbocycles. The highest BCUT2D eigenvalue weighted by Gasteiger charge is 2.15. The van der Waals surface area contributed by atoms with Crippen molar-refractivity contribution in [2.45, 2.75) is 20.4 Å². The number of thiazole rings is 1.